The van der Waals surface area contributed by atoms with Crippen LogP contribution in [0.3, 0.4) is 0 Å². The van der Waals surface area contributed by atoms with Crippen LogP contribution in [0.15, 0.2) is 29.6 Å². The van der Waals surface area contributed by atoms with Crippen molar-refractivity contribution >= 4 is 28.3 Å². The molecule has 1 aromatic carbocycles. The molecule has 32 heavy (non-hydrogen) atoms. The summed E-state index contributed by atoms with van der Waals surface area (Å²) in [7, 11) is 1.52. The minimum atomic E-state index is -4.80. The molecule has 1 aliphatic heterocycles. The van der Waals surface area contributed by atoms with Gasteiger partial charge in [0.15, 0.2) is 5.13 Å². The number of thiazole rings is 1. The lowest BCUT2D eigenvalue weighted by atomic mass is 9.86. The molecule has 1 aromatic heterocycles. The second-order valence-corrected chi connectivity index (χ2v) is 8.41. The first kappa shape index (κ1) is 24.0. The zero-order valence-corrected chi connectivity index (χ0v) is 18.1. The predicted molar refractivity (Wildman–Crippen MR) is 112 cm³/mol. The molecule has 2 heterocycles. The van der Waals surface area contributed by atoms with Gasteiger partial charge in [0, 0.05) is 37.1 Å². The van der Waals surface area contributed by atoms with Gasteiger partial charge in [-0.1, -0.05) is 12.1 Å². The molecule has 2 aromatic rings. The van der Waals surface area contributed by atoms with Crippen molar-refractivity contribution in [3.8, 4) is 17.0 Å². The van der Waals surface area contributed by atoms with Gasteiger partial charge in [0.1, 0.15) is 5.75 Å². The molecule has 7 nitrogen and oxygen atoms in total. The highest BCUT2D eigenvalue weighted by Crippen LogP contribution is 2.32. The van der Waals surface area contributed by atoms with E-state index in [2.05, 4.69) is 9.72 Å². The zero-order valence-electron chi connectivity index (χ0n) is 17.3. The van der Waals surface area contributed by atoms with Gasteiger partial charge in [0.2, 0.25) is 5.91 Å². The Hall–Kier alpha value is -2.66. The Balaban J connectivity index is 1.74. The SMILES string of the molecule is CN(C(=O)C(CC(=O)O)CC1CCOCC1)c1nc(-c2cccc(OC(F)(F)F)c2)cs1. The van der Waals surface area contributed by atoms with Crippen LogP contribution in [0, 0.1) is 11.8 Å². The molecule has 174 valence electrons. The van der Waals surface area contributed by atoms with E-state index in [4.69, 9.17) is 4.74 Å². The summed E-state index contributed by atoms with van der Waals surface area (Å²) >= 11 is 1.15. The Labute approximate surface area is 186 Å². The number of rotatable bonds is 8. The van der Waals surface area contributed by atoms with Crippen LogP contribution in [0.4, 0.5) is 18.3 Å². The van der Waals surface area contributed by atoms with Crippen LogP contribution in [-0.2, 0) is 14.3 Å². The first-order chi connectivity index (χ1) is 15.1. The topological polar surface area (TPSA) is 89.0 Å². The van der Waals surface area contributed by atoms with Gasteiger partial charge < -0.3 is 14.6 Å². The smallest absolute Gasteiger partial charge is 0.481 e. The molecule has 0 aliphatic carbocycles. The van der Waals surface area contributed by atoms with Crippen LogP contribution in [-0.4, -0.2) is 48.6 Å². The number of benzene rings is 1. The molecule has 0 radical (unpaired) electrons. The Morgan fingerprint density at radius 1 is 1.34 bits per heavy atom. The second kappa shape index (κ2) is 10.3. The van der Waals surface area contributed by atoms with E-state index in [0.717, 1.165) is 24.2 Å². The normalized spacial score (nSPS) is 15.9. The number of amides is 1. The minimum Gasteiger partial charge on any atom is -0.481 e. The summed E-state index contributed by atoms with van der Waals surface area (Å²) in [6.45, 7) is 1.20. The average Bonchev–Trinajstić information content (AvgIpc) is 3.22. The number of aromatic nitrogens is 1. The Kier molecular flexibility index (Phi) is 7.73. The van der Waals surface area contributed by atoms with Gasteiger partial charge in [0.25, 0.3) is 0 Å². The first-order valence-corrected chi connectivity index (χ1v) is 10.9. The van der Waals surface area contributed by atoms with Crippen LogP contribution in [0.5, 0.6) is 5.75 Å². The molecule has 1 N–H and O–H groups in total. The summed E-state index contributed by atoms with van der Waals surface area (Å²) in [6.07, 6.45) is -3.07. The number of alkyl halides is 3. The summed E-state index contributed by atoms with van der Waals surface area (Å²) in [5.41, 5.74) is 0.788. The monoisotopic (exact) mass is 472 g/mol. The van der Waals surface area contributed by atoms with Crippen LogP contribution >= 0.6 is 11.3 Å². The van der Waals surface area contributed by atoms with Crippen LogP contribution in [0.1, 0.15) is 25.7 Å². The van der Waals surface area contributed by atoms with Crippen LogP contribution in [0.25, 0.3) is 11.3 Å². The summed E-state index contributed by atoms with van der Waals surface area (Å²) < 4.78 is 46.7. The second-order valence-electron chi connectivity index (χ2n) is 7.57. The third kappa shape index (κ3) is 6.67. The summed E-state index contributed by atoms with van der Waals surface area (Å²) in [6, 6.07) is 5.41. The van der Waals surface area contributed by atoms with Crippen molar-refractivity contribution in [2.75, 3.05) is 25.2 Å². The van der Waals surface area contributed by atoms with Gasteiger partial charge in [-0.25, -0.2) is 4.98 Å². The number of nitrogens with zero attached hydrogens (tertiary/aromatic N) is 2. The summed E-state index contributed by atoms with van der Waals surface area (Å²) in [5, 5.41) is 11.2. The molecule has 1 amide bonds. The zero-order chi connectivity index (χ0) is 23.3. The molecule has 0 spiro atoms. The lowest BCUT2D eigenvalue weighted by molar-refractivity contribution is -0.274. The van der Waals surface area contributed by atoms with Crippen molar-refractivity contribution in [3.05, 3.63) is 29.6 Å². The third-order valence-corrected chi connectivity index (χ3v) is 6.12. The molecular weight excluding hydrogens is 449 g/mol. The number of hydrogen-bond donors (Lipinski definition) is 1. The predicted octanol–water partition coefficient (Wildman–Crippen LogP) is 4.58. The fraction of sp³-hybridized carbons (Fsp3) is 0.476. The fourth-order valence-corrected chi connectivity index (χ4v) is 4.44. The van der Waals surface area contributed by atoms with Crippen molar-refractivity contribution in [2.45, 2.75) is 32.0 Å². The molecule has 1 saturated heterocycles. The van der Waals surface area contributed by atoms with E-state index in [9.17, 15) is 27.9 Å². The number of hydrogen-bond acceptors (Lipinski definition) is 6. The fourth-order valence-electron chi connectivity index (χ4n) is 3.64. The average molecular weight is 472 g/mol. The molecular formula is C21H23F3N2O5S. The van der Waals surface area contributed by atoms with Crippen molar-refractivity contribution in [3.63, 3.8) is 0 Å². The van der Waals surface area contributed by atoms with Crippen LogP contribution < -0.4 is 9.64 Å². The van der Waals surface area contributed by atoms with E-state index in [1.807, 2.05) is 0 Å². The van der Waals surface area contributed by atoms with E-state index >= 15 is 0 Å². The van der Waals surface area contributed by atoms with E-state index in [1.54, 1.807) is 11.4 Å². The maximum Gasteiger partial charge on any atom is 0.573 e. The van der Waals surface area contributed by atoms with Crippen LogP contribution in [0.2, 0.25) is 0 Å². The quantitative estimate of drug-likeness (QED) is 0.605. The highest BCUT2D eigenvalue weighted by atomic mass is 32.1. The first-order valence-electron chi connectivity index (χ1n) is 10.0. The molecule has 1 fully saturated rings. The molecule has 1 aliphatic rings. The number of aliphatic carboxylic acids is 1. The molecule has 1 unspecified atom stereocenters. The Morgan fingerprint density at radius 2 is 2.06 bits per heavy atom. The number of carbonyl (C=O) groups is 2. The molecule has 3 rings (SSSR count). The third-order valence-electron chi connectivity index (χ3n) is 5.20. The standard InChI is InChI=1S/C21H23F3N2O5S/c1-26(19(29)15(11-18(27)28)9-13-5-7-30-8-6-13)20-25-17(12-32-20)14-3-2-4-16(10-14)31-21(22,23)24/h2-4,10,12-13,15H,5-9,11H2,1H3,(H,27,28). The van der Waals surface area contributed by atoms with E-state index in [0.29, 0.717) is 36.0 Å². The van der Waals surface area contributed by atoms with E-state index < -0.39 is 18.2 Å². The lowest BCUT2D eigenvalue weighted by Gasteiger charge is -2.27. The molecule has 1 atom stereocenters. The minimum absolute atomic E-state index is 0.216. The number of carboxylic acids is 1. The van der Waals surface area contributed by atoms with Gasteiger partial charge in [0.05, 0.1) is 12.1 Å². The molecule has 11 heteroatoms. The van der Waals surface area contributed by atoms with Gasteiger partial charge in [-0.2, -0.15) is 0 Å². The number of carboxylic acid groups (broad SMARTS) is 1. The number of halogens is 3. The van der Waals surface area contributed by atoms with Gasteiger partial charge in [-0.3, -0.25) is 14.5 Å². The van der Waals surface area contributed by atoms with E-state index in [1.165, 1.54) is 30.1 Å². The maximum atomic E-state index is 13.1. The summed E-state index contributed by atoms with van der Waals surface area (Å²) in [5.74, 6) is -2.25. The van der Waals surface area contributed by atoms with Crippen molar-refractivity contribution in [1.29, 1.82) is 0 Å². The summed E-state index contributed by atoms with van der Waals surface area (Å²) in [4.78, 5) is 30.1. The van der Waals surface area contributed by atoms with E-state index in [-0.39, 0.29) is 24.0 Å². The van der Waals surface area contributed by atoms with Crippen molar-refractivity contribution in [2.24, 2.45) is 11.8 Å². The molecule has 0 bridgehead atoms. The largest absolute Gasteiger partial charge is 0.573 e. The number of ether oxygens (including phenoxy) is 2. The Morgan fingerprint density at radius 3 is 2.72 bits per heavy atom. The molecule has 0 saturated carbocycles. The number of carbonyl (C=O) groups excluding carboxylic acids is 1. The lowest BCUT2D eigenvalue weighted by Crippen LogP contribution is -2.35. The highest BCUT2D eigenvalue weighted by molar-refractivity contribution is 7.14. The maximum absolute atomic E-state index is 13.1. The van der Waals surface area contributed by atoms with Gasteiger partial charge in [-0.05, 0) is 37.3 Å². The van der Waals surface area contributed by atoms with Gasteiger partial charge >= 0.3 is 12.3 Å². The van der Waals surface area contributed by atoms with Gasteiger partial charge in [-0.15, -0.1) is 24.5 Å². The van der Waals surface area contributed by atoms with Crippen molar-refractivity contribution in [1.82, 2.24) is 4.98 Å². The highest BCUT2D eigenvalue weighted by Gasteiger charge is 2.32. The Bertz CT molecular complexity index is 944. The van der Waals surface area contributed by atoms with Crippen molar-refractivity contribution < 1.29 is 37.3 Å². The number of anilines is 1.